The van der Waals surface area contributed by atoms with E-state index in [0.29, 0.717) is 0 Å². The van der Waals surface area contributed by atoms with Crippen LogP contribution in [0.4, 0.5) is 4.79 Å². The molecule has 5 heteroatoms. The summed E-state index contributed by atoms with van der Waals surface area (Å²) in [5.41, 5.74) is 1.95. The predicted octanol–water partition coefficient (Wildman–Crippen LogP) is 3.55. The van der Waals surface area contributed by atoms with Crippen LogP contribution in [0.5, 0.6) is 0 Å². The first kappa shape index (κ1) is 19.2. The van der Waals surface area contributed by atoms with Crippen LogP contribution >= 0.6 is 0 Å². The number of rotatable bonds is 4. The number of fused-ring (bicyclic) bond motifs is 2. The summed E-state index contributed by atoms with van der Waals surface area (Å²) in [6.45, 7) is 11.0. The molecule has 0 aromatic heterocycles. The van der Waals surface area contributed by atoms with Crippen LogP contribution < -0.4 is 5.32 Å². The number of ether oxygens (including phenoxy) is 1. The zero-order valence-electron chi connectivity index (χ0n) is 16.8. The van der Waals surface area contributed by atoms with Gasteiger partial charge in [0.25, 0.3) is 0 Å². The molecule has 1 aromatic rings. The van der Waals surface area contributed by atoms with E-state index in [4.69, 9.17) is 4.74 Å². The third kappa shape index (κ3) is 4.77. The molecule has 2 saturated heterocycles. The van der Waals surface area contributed by atoms with Crippen molar-refractivity contribution in [2.24, 2.45) is 0 Å². The molecule has 1 aromatic carbocycles. The Hall–Kier alpha value is -1.59. The third-order valence-corrected chi connectivity index (χ3v) is 5.54. The van der Waals surface area contributed by atoms with E-state index >= 15 is 0 Å². The minimum absolute atomic E-state index is 0.0709. The minimum atomic E-state index is -0.477. The molecule has 0 radical (unpaired) electrons. The van der Waals surface area contributed by atoms with Crippen molar-refractivity contribution in [3.05, 3.63) is 35.4 Å². The monoisotopic (exact) mass is 359 g/mol. The van der Waals surface area contributed by atoms with E-state index in [1.54, 1.807) is 0 Å². The lowest BCUT2D eigenvalue weighted by Gasteiger charge is -2.39. The first-order valence-corrected chi connectivity index (χ1v) is 9.74. The highest BCUT2D eigenvalue weighted by Gasteiger charge is 2.37. The number of likely N-dealkylation sites (N-methyl/N-ethyl adjacent to an activating group) is 1. The first-order chi connectivity index (χ1) is 12.2. The number of nitrogens with one attached hydrogen (secondary N) is 1. The summed E-state index contributed by atoms with van der Waals surface area (Å²) in [5, 5.41) is 2.90. The van der Waals surface area contributed by atoms with Crippen molar-refractivity contribution in [2.45, 2.75) is 70.8 Å². The molecule has 2 aliphatic heterocycles. The quantitative estimate of drug-likeness (QED) is 0.893. The summed E-state index contributed by atoms with van der Waals surface area (Å²) < 4.78 is 5.33. The second kappa shape index (κ2) is 7.57. The molecule has 3 atom stereocenters. The number of benzene rings is 1. The highest BCUT2D eigenvalue weighted by Crippen LogP contribution is 2.29. The van der Waals surface area contributed by atoms with Crippen molar-refractivity contribution < 1.29 is 9.53 Å². The SMILES string of the molecule is C[C@H](NC(=O)OC(C)(C)C)c1ccc(CN2C[C@H]3CC[C@@H](C2)N3C)cc1. The van der Waals surface area contributed by atoms with Crippen molar-refractivity contribution >= 4 is 6.09 Å². The first-order valence-electron chi connectivity index (χ1n) is 9.74. The number of carbonyl (C=O) groups is 1. The van der Waals surface area contributed by atoms with Crippen molar-refractivity contribution in [2.75, 3.05) is 20.1 Å². The number of alkyl carbamates (subject to hydrolysis) is 1. The summed E-state index contributed by atoms with van der Waals surface area (Å²) in [5.74, 6) is 0. The lowest BCUT2D eigenvalue weighted by molar-refractivity contribution is 0.0508. The topological polar surface area (TPSA) is 44.8 Å². The van der Waals surface area contributed by atoms with Gasteiger partial charge in [-0.3, -0.25) is 9.80 Å². The van der Waals surface area contributed by atoms with E-state index in [1.807, 2.05) is 27.7 Å². The van der Waals surface area contributed by atoms with Crippen molar-refractivity contribution in [3.63, 3.8) is 0 Å². The van der Waals surface area contributed by atoms with Gasteiger partial charge in [0, 0.05) is 31.7 Å². The van der Waals surface area contributed by atoms with Crippen LogP contribution in [-0.4, -0.2) is 53.7 Å². The smallest absolute Gasteiger partial charge is 0.408 e. The van der Waals surface area contributed by atoms with Crippen LogP contribution in [0.25, 0.3) is 0 Å². The van der Waals surface area contributed by atoms with Gasteiger partial charge in [0.05, 0.1) is 6.04 Å². The van der Waals surface area contributed by atoms with Crippen LogP contribution in [0.3, 0.4) is 0 Å². The van der Waals surface area contributed by atoms with Crippen LogP contribution in [-0.2, 0) is 11.3 Å². The lowest BCUT2D eigenvalue weighted by Crippen LogP contribution is -2.51. The van der Waals surface area contributed by atoms with Gasteiger partial charge in [0.15, 0.2) is 0 Å². The normalized spacial score (nSPS) is 25.1. The Morgan fingerprint density at radius 3 is 2.31 bits per heavy atom. The van der Waals surface area contributed by atoms with Crippen LogP contribution in [0.2, 0.25) is 0 Å². The molecule has 0 saturated carbocycles. The Bertz CT molecular complexity index is 609. The summed E-state index contributed by atoms with van der Waals surface area (Å²) in [6, 6.07) is 9.98. The average Bonchev–Trinajstić information content (AvgIpc) is 2.76. The van der Waals surface area contributed by atoms with Gasteiger partial charge in [-0.15, -0.1) is 0 Å². The maximum Gasteiger partial charge on any atom is 0.408 e. The zero-order chi connectivity index (χ0) is 18.9. The highest BCUT2D eigenvalue weighted by molar-refractivity contribution is 5.68. The van der Waals surface area contributed by atoms with Gasteiger partial charge in [-0.1, -0.05) is 24.3 Å². The van der Waals surface area contributed by atoms with Crippen LogP contribution in [0.1, 0.15) is 57.7 Å². The summed E-state index contributed by atoms with van der Waals surface area (Å²) >= 11 is 0. The molecule has 5 nitrogen and oxygen atoms in total. The molecular weight excluding hydrogens is 326 g/mol. The summed E-state index contributed by atoms with van der Waals surface area (Å²) in [7, 11) is 2.27. The highest BCUT2D eigenvalue weighted by atomic mass is 16.6. The zero-order valence-corrected chi connectivity index (χ0v) is 16.8. The van der Waals surface area contributed by atoms with Gasteiger partial charge >= 0.3 is 6.09 Å². The molecule has 2 fully saturated rings. The van der Waals surface area contributed by atoms with E-state index in [9.17, 15) is 4.79 Å². The summed E-state index contributed by atoms with van der Waals surface area (Å²) in [6.07, 6.45) is 2.30. The van der Waals surface area contributed by atoms with Gasteiger partial charge < -0.3 is 10.1 Å². The van der Waals surface area contributed by atoms with E-state index in [1.165, 1.54) is 31.5 Å². The number of nitrogens with zero attached hydrogens (tertiary/aromatic N) is 2. The Labute approximate surface area is 157 Å². The second-order valence-corrected chi connectivity index (χ2v) is 8.85. The Morgan fingerprint density at radius 2 is 1.77 bits per heavy atom. The van der Waals surface area contributed by atoms with Gasteiger partial charge in [0.2, 0.25) is 0 Å². The van der Waals surface area contributed by atoms with Gasteiger partial charge in [-0.25, -0.2) is 4.79 Å². The standard InChI is InChI=1S/C21H33N3O2/c1-15(22-20(25)26-21(2,3)4)17-8-6-16(7-9-17)12-24-13-18-10-11-19(14-24)23(18)5/h6-9,15,18-19H,10-14H2,1-5H3,(H,22,25)/t15-,18-,19+/m0/s1. The number of hydrogen-bond acceptors (Lipinski definition) is 4. The Kier molecular flexibility index (Phi) is 5.58. The molecule has 1 N–H and O–H groups in total. The molecule has 2 heterocycles. The fraction of sp³-hybridized carbons (Fsp3) is 0.667. The van der Waals surface area contributed by atoms with E-state index in [2.05, 4.69) is 46.4 Å². The maximum absolute atomic E-state index is 11.9. The number of likely N-dealkylation sites (tertiary alicyclic amines) is 1. The molecule has 2 bridgehead atoms. The largest absolute Gasteiger partial charge is 0.444 e. The number of hydrogen-bond donors (Lipinski definition) is 1. The molecule has 3 rings (SSSR count). The van der Waals surface area contributed by atoms with Crippen LogP contribution in [0.15, 0.2) is 24.3 Å². The van der Waals surface area contributed by atoms with Crippen LogP contribution in [0, 0.1) is 0 Å². The van der Waals surface area contributed by atoms with E-state index in [0.717, 1.165) is 24.2 Å². The fourth-order valence-electron chi connectivity index (χ4n) is 4.07. The molecule has 0 unspecified atom stereocenters. The molecule has 0 spiro atoms. The molecular formula is C21H33N3O2. The van der Waals surface area contributed by atoms with Gasteiger partial charge in [-0.2, -0.15) is 0 Å². The lowest BCUT2D eigenvalue weighted by atomic mass is 10.1. The Balaban J connectivity index is 1.53. The predicted molar refractivity (Wildman–Crippen MR) is 104 cm³/mol. The molecule has 2 aliphatic rings. The molecule has 1 amide bonds. The minimum Gasteiger partial charge on any atom is -0.444 e. The molecule has 26 heavy (non-hydrogen) atoms. The number of piperazine rings is 1. The number of amides is 1. The van der Waals surface area contributed by atoms with E-state index in [-0.39, 0.29) is 12.1 Å². The molecule has 0 aliphatic carbocycles. The van der Waals surface area contributed by atoms with Gasteiger partial charge in [-0.05, 0) is 58.7 Å². The number of carbonyl (C=O) groups excluding carboxylic acids is 1. The maximum atomic E-state index is 11.9. The summed E-state index contributed by atoms with van der Waals surface area (Å²) in [4.78, 5) is 17.1. The molecule has 144 valence electrons. The third-order valence-electron chi connectivity index (χ3n) is 5.54. The van der Waals surface area contributed by atoms with Crippen molar-refractivity contribution in [3.8, 4) is 0 Å². The van der Waals surface area contributed by atoms with Crippen molar-refractivity contribution in [1.29, 1.82) is 0 Å². The average molecular weight is 360 g/mol. The van der Waals surface area contributed by atoms with E-state index < -0.39 is 5.60 Å². The second-order valence-electron chi connectivity index (χ2n) is 8.85. The Morgan fingerprint density at radius 1 is 1.19 bits per heavy atom. The van der Waals surface area contributed by atoms with Gasteiger partial charge in [0.1, 0.15) is 5.60 Å². The fourth-order valence-corrected chi connectivity index (χ4v) is 4.07. The van der Waals surface area contributed by atoms with Crippen molar-refractivity contribution in [1.82, 2.24) is 15.1 Å².